The van der Waals surface area contributed by atoms with Crippen LogP contribution in [0, 0.1) is 13.8 Å². The molecule has 0 unspecified atom stereocenters. The summed E-state index contributed by atoms with van der Waals surface area (Å²) < 4.78 is 28.0. The lowest BCUT2D eigenvalue weighted by atomic mass is 10.0. The number of pyridine rings is 1. The van der Waals surface area contributed by atoms with E-state index >= 15 is 0 Å². The molecule has 21 heavy (non-hydrogen) atoms. The van der Waals surface area contributed by atoms with Gasteiger partial charge in [-0.15, -0.1) is 0 Å². The second kappa shape index (κ2) is 5.58. The van der Waals surface area contributed by atoms with Gasteiger partial charge in [0.1, 0.15) is 0 Å². The summed E-state index contributed by atoms with van der Waals surface area (Å²) in [6.45, 7) is 7.34. The van der Waals surface area contributed by atoms with Crippen molar-refractivity contribution in [3.8, 4) is 0 Å². The molecular formula is C16H20N2O2S. The molecule has 0 bridgehead atoms. The molecular weight excluding hydrogens is 284 g/mol. The molecule has 0 saturated carbocycles. The van der Waals surface area contributed by atoms with Gasteiger partial charge in [0.2, 0.25) is 10.0 Å². The number of rotatable bonds is 4. The Morgan fingerprint density at radius 1 is 1.10 bits per heavy atom. The second-order valence-electron chi connectivity index (χ2n) is 5.71. The summed E-state index contributed by atoms with van der Waals surface area (Å²) in [5.41, 5.74) is 1.67. The molecule has 1 aromatic carbocycles. The van der Waals surface area contributed by atoms with Crippen molar-refractivity contribution in [1.29, 1.82) is 0 Å². The van der Waals surface area contributed by atoms with Crippen molar-refractivity contribution in [3.63, 3.8) is 0 Å². The first-order valence-corrected chi connectivity index (χ1v) is 8.23. The van der Waals surface area contributed by atoms with Crippen molar-refractivity contribution in [2.75, 3.05) is 0 Å². The minimum atomic E-state index is -3.60. The molecule has 112 valence electrons. The molecule has 0 aliphatic heterocycles. The largest absolute Gasteiger partial charge is 0.259 e. The number of hydrogen-bond acceptors (Lipinski definition) is 3. The number of aromatic nitrogens is 1. The molecule has 4 nitrogen and oxygen atoms in total. The van der Waals surface area contributed by atoms with Crippen LogP contribution in [-0.4, -0.2) is 13.4 Å². The SMILES string of the molecule is Cc1ccc(S(=O)(=O)NC(C)(C)c2ccccn2)c(C)c1. The number of benzene rings is 1. The van der Waals surface area contributed by atoms with Crippen molar-refractivity contribution in [2.45, 2.75) is 38.1 Å². The van der Waals surface area contributed by atoms with Gasteiger partial charge in [0, 0.05) is 6.20 Å². The number of sulfonamides is 1. The Balaban J connectivity index is 2.37. The van der Waals surface area contributed by atoms with E-state index in [1.807, 2.05) is 25.1 Å². The maximum absolute atomic E-state index is 12.6. The van der Waals surface area contributed by atoms with Crippen molar-refractivity contribution in [2.24, 2.45) is 0 Å². The van der Waals surface area contributed by atoms with Crippen LogP contribution >= 0.6 is 0 Å². The van der Waals surface area contributed by atoms with Gasteiger partial charge in [-0.25, -0.2) is 8.42 Å². The van der Waals surface area contributed by atoms with E-state index in [1.165, 1.54) is 0 Å². The van der Waals surface area contributed by atoms with Crippen LogP contribution in [0.2, 0.25) is 0 Å². The molecule has 1 heterocycles. The van der Waals surface area contributed by atoms with Gasteiger partial charge in [-0.2, -0.15) is 4.72 Å². The maximum Gasteiger partial charge on any atom is 0.241 e. The van der Waals surface area contributed by atoms with E-state index < -0.39 is 15.6 Å². The summed E-state index contributed by atoms with van der Waals surface area (Å²) in [7, 11) is -3.60. The van der Waals surface area contributed by atoms with Crippen LogP contribution in [0.1, 0.15) is 30.7 Å². The minimum absolute atomic E-state index is 0.303. The average Bonchev–Trinajstić information content (AvgIpc) is 2.38. The van der Waals surface area contributed by atoms with Gasteiger partial charge in [0.15, 0.2) is 0 Å². The summed E-state index contributed by atoms with van der Waals surface area (Å²) in [4.78, 5) is 4.54. The number of nitrogens with one attached hydrogen (secondary N) is 1. The summed E-state index contributed by atoms with van der Waals surface area (Å²) in [6, 6.07) is 10.8. The van der Waals surface area contributed by atoms with Crippen molar-refractivity contribution in [3.05, 3.63) is 59.4 Å². The predicted molar refractivity (Wildman–Crippen MR) is 83.5 cm³/mol. The first-order valence-electron chi connectivity index (χ1n) is 6.75. The summed E-state index contributed by atoms with van der Waals surface area (Å²) in [5.74, 6) is 0. The van der Waals surface area contributed by atoms with Crippen molar-refractivity contribution < 1.29 is 8.42 Å². The lowest BCUT2D eigenvalue weighted by Gasteiger charge is -2.25. The molecule has 2 aromatic rings. The number of hydrogen-bond donors (Lipinski definition) is 1. The topological polar surface area (TPSA) is 59.1 Å². The molecule has 0 fully saturated rings. The smallest absolute Gasteiger partial charge is 0.241 e. The molecule has 0 atom stereocenters. The van der Waals surface area contributed by atoms with Gasteiger partial charge in [0.25, 0.3) is 0 Å². The Bertz CT molecular complexity index is 738. The van der Waals surface area contributed by atoms with Crippen LogP contribution in [0.4, 0.5) is 0 Å². The molecule has 0 saturated heterocycles. The second-order valence-corrected chi connectivity index (χ2v) is 7.37. The van der Waals surface area contributed by atoms with E-state index in [0.717, 1.165) is 11.1 Å². The van der Waals surface area contributed by atoms with E-state index in [2.05, 4.69) is 9.71 Å². The third-order valence-electron chi connectivity index (χ3n) is 3.31. The quantitative estimate of drug-likeness (QED) is 0.945. The van der Waals surface area contributed by atoms with E-state index in [9.17, 15) is 8.42 Å². The van der Waals surface area contributed by atoms with E-state index in [0.29, 0.717) is 10.6 Å². The fourth-order valence-corrected chi connectivity index (χ4v) is 3.89. The first-order chi connectivity index (χ1) is 9.72. The fourth-order valence-electron chi connectivity index (χ4n) is 2.28. The average molecular weight is 304 g/mol. The third-order valence-corrected chi connectivity index (χ3v) is 5.13. The maximum atomic E-state index is 12.6. The predicted octanol–water partition coefficient (Wildman–Crippen LogP) is 2.91. The Kier molecular flexibility index (Phi) is 4.16. The summed E-state index contributed by atoms with van der Waals surface area (Å²) in [5, 5.41) is 0. The molecule has 0 aliphatic rings. The molecule has 0 aliphatic carbocycles. The van der Waals surface area contributed by atoms with Crippen LogP contribution in [-0.2, 0) is 15.6 Å². The van der Waals surface area contributed by atoms with E-state index in [1.54, 1.807) is 45.2 Å². The van der Waals surface area contributed by atoms with Crippen molar-refractivity contribution >= 4 is 10.0 Å². The van der Waals surface area contributed by atoms with E-state index in [4.69, 9.17) is 0 Å². The lowest BCUT2D eigenvalue weighted by molar-refractivity contribution is 0.460. The molecule has 0 amide bonds. The Morgan fingerprint density at radius 3 is 2.38 bits per heavy atom. The van der Waals surface area contributed by atoms with Gasteiger partial charge in [0.05, 0.1) is 16.1 Å². The zero-order valence-corrected chi connectivity index (χ0v) is 13.5. The monoisotopic (exact) mass is 304 g/mol. The Morgan fingerprint density at radius 2 is 1.81 bits per heavy atom. The molecule has 1 aromatic heterocycles. The fraction of sp³-hybridized carbons (Fsp3) is 0.312. The van der Waals surface area contributed by atoms with Gasteiger partial charge in [-0.3, -0.25) is 4.98 Å². The molecule has 0 spiro atoms. The van der Waals surface area contributed by atoms with Gasteiger partial charge in [-0.05, 0) is 51.5 Å². The van der Waals surface area contributed by atoms with E-state index in [-0.39, 0.29) is 0 Å². The highest BCUT2D eigenvalue weighted by Crippen LogP contribution is 2.23. The normalized spacial score (nSPS) is 12.4. The molecule has 0 radical (unpaired) electrons. The standard InChI is InChI=1S/C16H20N2O2S/c1-12-8-9-14(13(2)11-12)21(19,20)18-16(3,4)15-7-5-6-10-17-15/h5-11,18H,1-4H3. The zero-order chi connectivity index (χ0) is 15.7. The van der Waals surface area contributed by atoms with Crippen LogP contribution in [0.15, 0.2) is 47.5 Å². The molecule has 2 rings (SSSR count). The van der Waals surface area contributed by atoms with Crippen LogP contribution < -0.4 is 4.72 Å². The molecule has 5 heteroatoms. The minimum Gasteiger partial charge on any atom is -0.259 e. The first kappa shape index (κ1) is 15.7. The summed E-state index contributed by atoms with van der Waals surface area (Å²) >= 11 is 0. The molecule has 1 N–H and O–H groups in total. The van der Waals surface area contributed by atoms with Crippen LogP contribution in [0.5, 0.6) is 0 Å². The third kappa shape index (κ3) is 3.49. The number of nitrogens with zero attached hydrogens (tertiary/aromatic N) is 1. The van der Waals surface area contributed by atoms with Crippen LogP contribution in [0.3, 0.4) is 0 Å². The van der Waals surface area contributed by atoms with Gasteiger partial charge in [-0.1, -0.05) is 23.8 Å². The highest BCUT2D eigenvalue weighted by molar-refractivity contribution is 7.89. The lowest BCUT2D eigenvalue weighted by Crippen LogP contribution is -2.41. The highest BCUT2D eigenvalue weighted by Gasteiger charge is 2.29. The Labute approximate surface area is 126 Å². The zero-order valence-electron chi connectivity index (χ0n) is 12.7. The number of aryl methyl sites for hydroxylation is 2. The van der Waals surface area contributed by atoms with Gasteiger partial charge < -0.3 is 0 Å². The Hall–Kier alpha value is -1.72. The van der Waals surface area contributed by atoms with Gasteiger partial charge >= 0.3 is 0 Å². The van der Waals surface area contributed by atoms with Crippen LogP contribution in [0.25, 0.3) is 0 Å². The highest BCUT2D eigenvalue weighted by atomic mass is 32.2. The summed E-state index contributed by atoms with van der Waals surface area (Å²) in [6.07, 6.45) is 1.66. The van der Waals surface area contributed by atoms with Crippen molar-refractivity contribution in [1.82, 2.24) is 9.71 Å².